The first-order valence-electron chi connectivity index (χ1n) is 7.92. The molecule has 25 heavy (non-hydrogen) atoms. The number of hydrogen-bond donors (Lipinski definition) is 0. The van der Waals surface area contributed by atoms with Crippen LogP contribution in [0, 0.1) is 0 Å². The number of aromatic nitrogens is 1. The van der Waals surface area contributed by atoms with Crippen molar-refractivity contribution in [3.63, 3.8) is 0 Å². The van der Waals surface area contributed by atoms with Gasteiger partial charge < -0.3 is 13.7 Å². The fourth-order valence-electron chi connectivity index (χ4n) is 2.57. The maximum absolute atomic E-state index is 11.9. The van der Waals surface area contributed by atoms with Crippen molar-refractivity contribution in [3.05, 3.63) is 78.0 Å². The number of esters is 1. The van der Waals surface area contributed by atoms with Crippen LogP contribution in [0.25, 0.3) is 22.5 Å². The molecule has 0 unspecified atom stereocenters. The minimum atomic E-state index is -0.306. The van der Waals surface area contributed by atoms with Crippen LogP contribution in [-0.2, 0) is 22.6 Å². The molecule has 0 atom stereocenters. The molecule has 0 aliphatic carbocycles. The average Bonchev–Trinajstić information content (AvgIpc) is 3.27. The summed E-state index contributed by atoms with van der Waals surface area (Å²) in [5, 5.41) is 4.92. The molecular formula is C20H15NO4. The van der Waals surface area contributed by atoms with E-state index in [-0.39, 0.29) is 19.0 Å². The molecule has 4 aromatic rings. The first-order valence-corrected chi connectivity index (χ1v) is 7.92. The smallest absolute Gasteiger partial charge is 0.310 e. The van der Waals surface area contributed by atoms with E-state index in [1.807, 2.05) is 60.7 Å². The Morgan fingerprint density at radius 1 is 0.960 bits per heavy atom. The van der Waals surface area contributed by atoms with E-state index in [1.165, 1.54) is 0 Å². The minimum Gasteiger partial charge on any atom is -0.459 e. The van der Waals surface area contributed by atoms with Gasteiger partial charge >= 0.3 is 5.97 Å². The molecule has 5 heteroatoms. The molecule has 124 valence electrons. The van der Waals surface area contributed by atoms with E-state index in [0.29, 0.717) is 17.2 Å². The van der Waals surface area contributed by atoms with Crippen molar-refractivity contribution in [2.75, 3.05) is 0 Å². The summed E-state index contributed by atoms with van der Waals surface area (Å²) in [7, 11) is 0. The molecule has 0 fully saturated rings. The molecule has 0 spiro atoms. The Morgan fingerprint density at radius 2 is 1.76 bits per heavy atom. The Balaban J connectivity index is 1.40. The van der Waals surface area contributed by atoms with Gasteiger partial charge in [-0.15, -0.1) is 0 Å². The third-order valence-electron chi connectivity index (χ3n) is 3.80. The lowest BCUT2D eigenvalue weighted by Crippen LogP contribution is -2.07. The Labute approximate surface area is 143 Å². The molecule has 4 rings (SSSR count). The number of carbonyl (C=O) groups is 1. The van der Waals surface area contributed by atoms with Gasteiger partial charge in [-0.05, 0) is 17.7 Å². The van der Waals surface area contributed by atoms with Crippen LogP contribution >= 0.6 is 0 Å². The quantitative estimate of drug-likeness (QED) is 0.507. The summed E-state index contributed by atoms with van der Waals surface area (Å²) in [6.07, 6.45) is 0.231. The second-order valence-corrected chi connectivity index (χ2v) is 5.65. The van der Waals surface area contributed by atoms with E-state index < -0.39 is 0 Å². The zero-order chi connectivity index (χ0) is 17.1. The molecule has 2 heterocycles. The number of para-hydroxylation sites is 1. The highest BCUT2D eigenvalue weighted by Crippen LogP contribution is 2.28. The Kier molecular flexibility index (Phi) is 4.04. The fourth-order valence-corrected chi connectivity index (χ4v) is 2.57. The molecule has 2 aromatic heterocycles. The van der Waals surface area contributed by atoms with Gasteiger partial charge in [0.15, 0.2) is 5.76 Å². The lowest BCUT2D eigenvalue weighted by atomic mass is 10.2. The first kappa shape index (κ1) is 15.2. The number of rotatable bonds is 5. The molecule has 0 N–H and O–H groups in total. The summed E-state index contributed by atoms with van der Waals surface area (Å²) in [6.45, 7) is 0.0649. The summed E-state index contributed by atoms with van der Waals surface area (Å²) in [4.78, 5) is 11.9. The highest BCUT2D eigenvalue weighted by atomic mass is 16.5. The van der Waals surface area contributed by atoms with E-state index in [2.05, 4.69) is 5.16 Å². The summed E-state index contributed by atoms with van der Waals surface area (Å²) < 4.78 is 16.3. The van der Waals surface area contributed by atoms with Gasteiger partial charge in [-0.2, -0.15) is 0 Å². The summed E-state index contributed by atoms with van der Waals surface area (Å²) in [5.41, 5.74) is 2.23. The number of fused-ring (bicyclic) bond motifs is 1. The third kappa shape index (κ3) is 3.45. The fraction of sp³-hybridized carbons (Fsp3) is 0.100. The van der Waals surface area contributed by atoms with Crippen molar-refractivity contribution >= 4 is 16.9 Å². The van der Waals surface area contributed by atoms with Crippen LogP contribution < -0.4 is 0 Å². The lowest BCUT2D eigenvalue weighted by molar-refractivity contribution is -0.144. The molecule has 0 saturated heterocycles. The highest BCUT2D eigenvalue weighted by Gasteiger charge is 2.13. The summed E-state index contributed by atoms with van der Waals surface area (Å²) >= 11 is 0. The number of benzene rings is 2. The maximum Gasteiger partial charge on any atom is 0.310 e. The minimum absolute atomic E-state index is 0.0649. The molecule has 0 bridgehead atoms. The van der Waals surface area contributed by atoms with Gasteiger partial charge in [-0.1, -0.05) is 53.7 Å². The molecule has 0 amide bonds. The summed E-state index contributed by atoms with van der Waals surface area (Å²) in [5.74, 6) is 0.792. The zero-order valence-electron chi connectivity index (χ0n) is 13.3. The van der Waals surface area contributed by atoms with E-state index in [4.69, 9.17) is 13.7 Å². The SMILES string of the molecule is O=C(Cc1ccccc1)OCc1cc(-c2cc3ccccc3o2)on1. The molecule has 0 aliphatic heterocycles. The standard InChI is InChI=1S/C20H15NO4/c22-20(10-14-6-2-1-3-7-14)23-13-16-12-19(25-21-16)18-11-15-8-4-5-9-17(15)24-18/h1-9,11-12H,10,13H2. The van der Waals surface area contributed by atoms with Crippen molar-refractivity contribution in [2.24, 2.45) is 0 Å². The summed E-state index contributed by atoms with van der Waals surface area (Å²) in [6, 6.07) is 20.8. The van der Waals surface area contributed by atoms with Crippen molar-refractivity contribution < 1.29 is 18.5 Å². The highest BCUT2D eigenvalue weighted by molar-refractivity contribution is 5.81. The van der Waals surface area contributed by atoms with Crippen LogP contribution in [0.4, 0.5) is 0 Å². The monoisotopic (exact) mass is 333 g/mol. The van der Waals surface area contributed by atoms with Crippen LogP contribution in [-0.4, -0.2) is 11.1 Å². The predicted molar refractivity (Wildman–Crippen MR) is 91.7 cm³/mol. The van der Waals surface area contributed by atoms with Gasteiger partial charge in [0.2, 0.25) is 5.76 Å². The molecule has 0 aliphatic rings. The largest absolute Gasteiger partial charge is 0.459 e. The Hall–Kier alpha value is -3.34. The van der Waals surface area contributed by atoms with Gasteiger partial charge in [0.25, 0.3) is 0 Å². The van der Waals surface area contributed by atoms with Crippen LogP contribution in [0.15, 0.2) is 75.7 Å². The normalized spacial score (nSPS) is 10.9. The second-order valence-electron chi connectivity index (χ2n) is 5.65. The van der Waals surface area contributed by atoms with E-state index in [1.54, 1.807) is 6.07 Å². The topological polar surface area (TPSA) is 65.5 Å². The van der Waals surface area contributed by atoms with Crippen molar-refractivity contribution in [3.8, 4) is 11.5 Å². The zero-order valence-corrected chi connectivity index (χ0v) is 13.3. The molecule has 0 radical (unpaired) electrons. The van der Waals surface area contributed by atoms with Gasteiger partial charge in [-0.3, -0.25) is 4.79 Å². The number of furan rings is 1. The second kappa shape index (κ2) is 6.65. The van der Waals surface area contributed by atoms with Gasteiger partial charge in [0.1, 0.15) is 17.9 Å². The molecule has 0 saturated carbocycles. The number of ether oxygens (including phenoxy) is 1. The number of nitrogens with zero attached hydrogens (tertiary/aromatic N) is 1. The lowest BCUT2D eigenvalue weighted by Gasteiger charge is -2.02. The van der Waals surface area contributed by atoms with E-state index >= 15 is 0 Å². The van der Waals surface area contributed by atoms with E-state index in [9.17, 15) is 4.79 Å². The van der Waals surface area contributed by atoms with Crippen LogP contribution in [0.3, 0.4) is 0 Å². The first-order chi connectivity index (χ1) is 12.3. The van der Waals surface area contributed by atoms with Crippen molar-refractivity contribution in [1.82, 2.24) is 5.16 Å². The van der Waals surface area contributed by atoms with Crippen LogP contribution in [0.1, 0.15) is 11.3 Å². The Bertz CT molecular complexity index is 968. The molecular weight excluding hydrogens is 318 g/mol. The predicted octanol–water partition coefficient (Wildman–Crippen LogP) is 4.37. The van der Waals surface area contributed by atoms with Gasteiger partial charge in [0.05, 0.1) is 6.42 Å². The molecule has 5 nitrogen and oxygen atoms in total. The third-order valence-corrected chi connectivity index (χ3v) is 3.80. The van der Waals surface area contributed by atoms with E-state index in [0.717, 1.165) is 16.5 Å². The Morgan fingerprint density at radius 3 is 2.60 bits per heavy atom. The number of hydrogen-bond acceptors (Lipinski definition) is 5. The van der Waals surface area contributed by atoms with Crippen molar-refractivity contribution in [1.29, 1.82) is 0 Å². The average molecular weight is 333 g/mol. The number of carbonyl (C=O) groups excluding carboxylic acids is 1. The molecule has 2 aromatic carbocycles. The van der Waals surface area contributed by atoms with Crippen LogP contribution in [0.5, 0.6) is 0 Å². The van der Waals surface area contributed by atoms with Crippen molar-refractivity contribution in [2.45, 2.75) is 13.0 Å². The van der Waals surface area contributed by atoms with Gasteiger partial charge in [0, 0.05) is 11.5 Å². The van der Waals surface area contributed by atoms with Crippen LogP contribution in [0.2, 0.25) is 0 Å². The van der Waals surface area contributed by atoms with Gasteiger partial charge in [-0.25, -0.2) is 0 Å². The maximum atomic E-state index is 11.9.